The van der Waals surface area contributed by atoms with Crippen LogP contribution in [0.25, 0.3) is 26.6 Å². The molecule has 5 aromatic heterocycles. The Hall–Kier alpha value is -4.81. The molecule has 0 saturated heterocycles. The van der Waals surface area contributed by atoms with Crippen molar-refractivity contribution >= 4 is 50.0 Å². The lowest BCUT2D eigenvalue weighted by Crippen LogP contribution is -2.37. The standard InChI is InChI=1S/C32H33N9O2S/c1-31(2,3)25-16-27(40-43-25)39-29(42)36-21-9-7-20(8-10-21)23-18-41-24-11-12-26(38-28(24)44-30(41)37-23)34-19-32(13-14-32)35-17-22-6-4-5-15-33-22/h4-12,15-16,18,35H,13-14,17,19H2,1-3H3,(H,34,38)(H2,36,39,40,42). The molecule has 4 N–H and O–H groups in total. The summed E-state index contributed by atoms with van der Waals surface area (Å²) in [4.78, 5) is 28.4. The number of imidazole rings is 1. The van der Waals surface area contributed by atoms with Gasteiger partial charge in [-0.1, -0.05) is 55.5 Å². The number of carbonyl (C=O) groups excluding carboxylic acids is 1. The summed E-state index contributed by atoms with van der Waals surface area (Å²) in [6.07, 6.45) is 6.12. The van der Waals surface area contributed by atoms with Gasteiger partial charge in [-0.3, -0.25) is 14.7 Å². The molecule has 0 spiro atoms. The van der Waals surface area contributed by atoms with Gasteiger partial charge in [0.25, 0.3) is 0 Å². The molecule has 1 fully saturated rings. The van der Waals surface area contributed by atoms with E-state index in [-0.39, 0.29) is 11.0 Å². The van der Waals surface area contributed by atoms with Gasteiger partial charge in [0, 0.05) is 53.8 Å². The number of hydrogen-bond acceptors (Lipinski definition) is 9. The molecule has 1 aliphatic rings. The van der Waals surface area contributed by atoms with E-state index in [1.807, 2.05) is 81.7 Å². The fraction of sp³-hybridized carbons (Fsp3) is 0.281. The smallest absolute Gasteiger partial charge is 0.324 e. The summed E-state index contributed by atoms with van der Waals surface area (Å²) in [5, 5.41) is 16.7. The highest BCUT2D eigenvalue weighted by atomic mass is 32.1. The zero-order valence-electron chi connectivity index (χ0n) is 24.7. The second-order valence-electron chi connectivity index (χ2n) is 12.2. The average Bonchev–Trinajstić information content (AvgIpc) is 3.28. The van der Waals surface area contributed by atoms with Crippen LogP contribution in [0.3, 0.4) is 0 Å². The van der Waals surface area contributed by atoms with E-state index in [4.69, 9.17) is 14.5 Å². The van der Waals surface area contributed by atoms with Crippen molar-refractivity contribution in [2.45, 2.75) is 51.1 Å². The van der Waals surface area contributed by atoms with Gasteiger partial charge in [-0.25, -0.2) is 14.8 Å². The number of anilines is 3. The Balaban J connectivity index is 0.974. The Morgan fingerprint density at radius 3 is 2.59 bits per heavy atom. The SMILES string of the molecule is CC(C)(C)c1cc(NC(=O)Nc2ccc(-c3cn4c(n3)sc3nc(NCC5(NCc6ccccn6)CC5)ccc34)cc2)no1. The van der Waals surface area contributed by atoms with Crippen LogP contribution in [-0.2, 0) is 12.0 Å². The zero-order valence-corrected chi connectivity index (χ0v) is 25.5. The van der Waals surface area contributed by atoms with Crippen LogP contribution < -0.4 is 21.3 Å². The number of rotatable bonds is 9. The number of aromatic nitrogens is 5. The molecule has 0 aliphatic heterocycles. The van der Waals surface area contributed by atoms with Crippen molar-refractivity contribution in [1.29, 1.82) is 0 Å². The first-order valence-corrected chi connectivity index (χ1v) is 15.4. The first kappa shape index (κ1) is 28.0. The molecule has 5 heterocycles. The molecule has 0 bridgehead atoms. The zero-order chi connectivity index (χ0) is 30.3. The molecule has 1 aliphatic carbocycles. The number of benzene rings is 1. The molecule has 2 amide bonds. The topological polar surface area (TPSA) is 134 Å². The molecule has 0 radical (unpaired) electrons. The molecule has 11 nitrogen and oxygen atoms in total. The summed E-state index contributed by atoms with van der Waals surface area (Å²) in [7, 11) is 0. The normalized spacial score (nSPS) is 14.2. The number of hydrogen-bond donors (Lipinski definition) is 4. The van der Waals surface area contributed by atoms with Crippen molar-refractivity contribution in [2.24, 2.45) is 0 Å². The lowest BCUT2D eigenvalue weighted by atomic mass is 9.93. The van der Waals surface area contributed by atoms with E-state index in [0.717, 1.165) is 64.0 Å². The Kier molecular flexibility index (Phi) is 7.02. The van der Waals surface area contributed by atoms with Gasteiger partial charge >= 0.3 is 6.03 Å². The molecule has 7 rings (SSSR count). The first-order valence-electron chi connectivity index (χ1n) is 14.6. The predicted octanol–water partition coefficient (Wildman–Crippen LogP) is 6.67. The largest absolute Gasteiger partial charge is 0.368 e. The summed E-state index contributed by atoms with van der Waals surface area (Å²) in [6, 6.07) is 19.0. The van der Waals surface area contributed by atoms with Crippen molar-refractivity contribution in [3.05, 3.63) is 84.5 Å². The van der Waals surface area contributed by atoms with Gasteiger partial charge in [0.15, 0.2) is 10.8 Å². The molecule has 6 aromatic rings. The number of amides is 2. The van der Waals surface area contributed by atoms with Gasteiger partial charge in [0.1, 0.15) is 16.4 Å². The van der Waals surface area contributed by atoms with E-state index < -0.39 is 6.03 Å². The average molecular weight is 608 g/mol. The molecule has 224 valence electrons. The van der Waals surface area contributed by atoms with Gasteiger partial charge in [-0.2, -0.15) is 0 Å². The fourth-order valence-electron chi connectivity index (χ4n) is 4.92. The molecular formula is C32H33N9O2S. The number of nitrogens with one attached hydrogen (secondary N) is 4. The van der Waals surface area contributed by atoms with Crippen LogP contribution in [0.4, 0.5) is 22.1 Å². The number of nitrogens with zero attached hydrogens (tertiary/aromatic N) is 5. The van der Waals surface area contributed by atoms with E-state index in [0.29, 0.717) is 17.3 Å². The van der Waals surface area contributed by atoms with Gasteiger partial charge in [-0.15, -0.1) is 0 Å². The molecule has 0 atom stereocenters. The van der Waals surface area contributed by atoms with Crippen molar-refractivity contribution < 1.29 is 9.32 Å². The molecule has 44 heavy (non-hydrogen) atoms. The van der Waals surface area contributed by atoms with Crippen LogP contribution in [0.2, 0.25) is 0 Å². The van der Waals surface area contributed by atoms with Gasteiger partial charge in [0.2, 0.25) is 0 Å². The Morgan fingerprint density at radius 1 is 1.02 bits per heavy atom. The summed E-state index contributed by atoms with van der Waals surface area (Å²) in [6.45, 7) is 7.63. The van der Waals surface area contributed by atoms with Gasteiger partial charge in [-0.05, 0) is 49.2 Å². The third kappa shape index (κ3) is 5.99. The highest BCUT2D eigenvalue weighted by molar-refractivity contribution is 7.23. The van der Waals surface area contributed by atoms with E-state index in [1.165, 1.54) is 0 Å². The van der Waals surface area contributed by atoms with Gasteiger partial charge < -0.3 is 20.5 Å². The summed E-state index contributed by atoms with van der Waals surface area (Å²) < 4.78 is 7.41. The summed E-state index contributed by atoms with van der Waals surface area (Å²) in [5.74, 6) is 1.93. The van der Waals surface area contributed by atoms with Crippen LogP contribution in [-0.4, -0.2) is 42.6 Å². The Labute approximate surface area is 258 Å². The fourth-order valence-corrected chi connectivity index (χ4v) is 5.90. The van der Waals surface area contributed by atoms with E-state index in [1.54, 1.807) is 17.4 Å². The van der Waals surface area contributed by atoms with Crippen LogP contribution in [0.5, 0.6) is 0 Å². The minimum Gasteiger partial charge on any atom is -0.368 e. The minimum absolute atomic E-state index is 0.0924. The summed E-state index contributed by atoms with van der Waals surface area (Å²) in [5.41, 5.74) is 4.42. The lowest BCUT2D eigenvalue weighted by molar-refractivity contribution is 0.262. The minimum atomic E-state index is -0.394. The van der Waals surface area contributed by atoms with E-state index in [2.05, 4.69) is 41.9 Å². The van der Waals surface area contributed by atoms with Crippen LogP contribution >= 0.6 is 11.3 Å². The lowest BCUT2D eigenvalue weighted by Gasteiger charge is -2.18. The number of carbonyl (C=O) groups is 1. The number of thiazole rings is 1. The maximum Gasteiger partial charge on any atom is 0.324 e. The second kappa shape index (κ2) is 11.0. The molecule has 1 aromatic carbocycles. The maximum atomic E-state index is 12.5. The van der Waals surface area contributed by atoms with Crippen LogP contribution in [0.15, 0.2) is 77.6 Å². The molecule has 1 saturated carbocycles. The van der Waals surface area contributed by atoms with Crippen molar-refractivity contribution in [2.75, 3.05) is 22.5 Å². The summed E-state index contributed by atoms with van der Waals surface area (Å²) >= 11 is 1.56. The third-order valence-corrected chi connectivity index (χ3v) is 8.69. The number of fused-ring (bicyclic) bond motifs is 3. The van der Waals surface area contributed by atoms with Crippen LogP contribution in [0.1, 0.15) is 45.1 Å². The monoisotopic (exact) mass is 607 g/mol. The first-order chi connectivity index (χ1) is 21.2. The van der Waals surface area contributed by atoms with E-state index in [9.17, 15) is 4.79 Å². The number of pyridine rings is 2. The van der Waals surface area contributed by atoms with Crippen molar-refractivity contribution in [3.8, 4) is 11.3 Å². The third-order valence-electron chi connectivity index (χ3n) is 7.72. The molecule has 12 heteroatoms. The highest BCUT2D eigenvalue weighted by Crippen LogP contribution is 2.36. The Bertz CT molecular complexity index is 1930. The maximum absolute atomic E-state index is 12.5. The van der Waals surface area contributed by atoms with Gasteiger partial charge in [0.05, 0.1) is 16.9 Å². The highest BCUT2D eigenvalue weighted by Gasteiger charge is 2.42. The van der Waals surface area contributed by atoms with Crippen LogP contribution in [0, 0.1) is 0 Å². The number of urea groups is 1. The van der Waals surface area contributed by atoms with Crippen molar-refractivity contribution in [1.82, 2.24) is 29.8 Å². The van der Waals surface area contributed by atoms with E-state index >= 15 is 0 Å². The van der Waals surface area contributed by atoms with Crippen molar-refractivity contribution in [3.63, 3.8) is 0 Å². The second-order valence-corrected chi connectivity index (χ2v) is 13.1. The quantitative estimate of drug-likeness (QED) is 0.143. The predicted molar refractivity (Wildman–Crippen MR) is 173 cm³/mol. The molecular weight excluding hydrogens is 574 g/mol. The molecule has 0 unspecified atom stereocenters. The Morgan fingerprint density at radius 2 is 1.86 bits per heavy atom.